The lowest BCUT2D eigenvalue weighted by Crippen LogP contribution is -2.10. The van der Waals surface area contributed by atoms with Gasteiger partial charge in [-0.3, -0.25) is 0 Å². The van der Waals surface area contributed by atoms with Gasteiger partial charge < -0.3 is 0 Å². The van der Waals surface area contributed by atoms with Gasteiger partial charge in [0.2, 0.25) is 0 Å². The molecule has 3 unspecified atom stereocenters. The van der Waals surface area contributed by atoms with Crippen LogP contribution in [0.5, 0.6) is 0 Å². The van der Waals surface area contributed by atoms with E-state index in [2.05, 4.69) is 108 Å². The normalized spacial score (nSPS) is 15.8. The summed E-state index contributed by atoms with van der Waals surface area (Å²) in [5.41, 5.74) is 4.19. The number of hydrogen-bond donors (Lipinski definition) is 0. The summed E-state index contributed by atoms with van der Waals surface area (Å²) in [6.45, 7) is 18.4. The van der Waals surface area contributed by atoms with E-state index in [1.807, 2.05) is 0 Å². The van der Waals surface area contributed by atoms with Crippen LogP contribution in [0.15, 0.2) is 78.4 Å². The molecule has 166 valence electrons. The highest BCUT2D eigenvalue weighted by Gasteiger charge is 2.15. The molecule has 0 saturated carbocycles. The van der Waals surface area contributed by atoms with Crippen LogP contribution < -0.4 is 0 Å². The molecule has 3 atom stereocenters. The lowest BCUT2D eigenvalue weighted by molar-refractivity contribution is 0.518. The molecule has 0 aliphatic carbocycles. The maximum absolute atomic E-state index is 4.46. The van der Waals surface area contributed by atoms with Crippen molar-refractivity contribution in [3.05, 3.63) is 84.0 Å². The van der Waals surface area contributed by atoms with E-state index >= 15 is 0 Å². The van der Waals surface area contributed by atoms with E-state index in [4.69, 9.17) is 0 Å². The highest BCUT2D eigenvalue weighted by Crippen LogP contribution is 2.33. The van der Waals surface area contributed by atoms with Gasteiger partial charge in [-0.05, 0) is 75.4 Å². The molecule has 0 spiro atoms. The highest BCUT2D eigenvalue weighted by atomic mass is 31.1. The average Bonchev–Trinajstić information content (AvgIpc) is 2.71. The molecule has 0 aliphatic heterocycles. The van der Waals surface area contributed by atoms with Crippen molar-refractivity contribution in [1.82, 2.24) is 0 Å². The van der Waals surface area contributed by atoms with E-state index in [9.17, 15) is 0 Å². The van der Waals surface area contributed by atoms with Crippen LogP contribution in [-0.2, 0) is 6.42 Å². The minimum Gasteiger partial charge on any atom is -0.113 e. The van der Waals surface area contributed by atoms with Gasteiger partial charge in [0.05, 0.1) is 0 Å². The fourth-order valence-corrected chi connectivity index (χ4v) is 4.90. The first-order chi connectivity index (χ1) is 14.3. The van der Waals surface area contributed by atoms with Gasteiger partial charge in [0, 0.05) is 0 Å². The van der Waals surface area contributed by atoms with Crippen LogP contribution in [0.2, 0.25) is 0 Å². The average molecular weight is 425 g/mol. The fraction of sp³-hybridized carbons (Fsp3) is 0.517. The van der Waals surface area contributed by atoms with Crippen molar-refractivity contribution in [3.8, 4) is 0 Å². The second kappa shape index (κ2) is 15.4. The Bertz CT molecular complexity index is 678. The smallest absolute Gasteiger partial charge is 0.00818 e. The number of rotatable bonds is 14. The molecule has 0 aromatic heterocycles. The molecular formula is C29H45P. The Labute approximate surface area is 189 Å². The third-order valence-corrected chi connectivity index (χ3v) is 6.77. The molecular weight excluding hydrogens is 379 g/mol. The van der Waals surface area contributed by atoms with Crippen molar-refractivity contribution in [1.29, 1.82) is 0 Å². The minimum absolute atomic E-state index is 0.107. The van der Waals surface area contributed by atoms with Gasteiger partial charge >= 0.3 is 0 Å². The first-order valence-electron chi connectivity index (χ1n) is 11.7. The molecule has 0 bridgehead atoms. The molecule has 0 heterocycles. The van der Waals surface area contributed by atoms with Crippen LogP contribution >= 0.6 is 7.92 Å². The lowest BCUT2D eigenvalue weighted by atomic mass is 9.87. The SMILES string of the molecule is C=C(C/C(C)=C/Cc1ccccc1)C(C)CC(/C=C\C(C)/C=C/CCC)CP(C)C. The predicted octanol–water partition coefficient (Wildman–Crippen LogP) is 9.05. The van der Waals surface area contributed by atoms with E-state index in [1.54, 1.807) is 0 Å². The third-order valence-electron chi connectivity index (χ3n) is 5.57. The van der Waals surface area contributed by atoms with Crippen molar-refractivity contribution in [2.75, 3.05) is 19.5 Å². The summed E-state index contributed by atoms with van der Waals surface area (Å²) in [5.74, 6) is 1.75. The van der Waals surface area contributed by atoms with Gasteiger partial charge in [-0.15, -0.1) is 7.92 Å². The summed E-state index contributed by atoms with van der Waals surface area (Å²) >= 11 is 0. The standard InChI is InChI=1S/C29H45P/c1-8-9-11-14-24(2)17-20-29(23-30(6)7)22-27(5)26(4)21-25(3)18-19-28-15-12-10-13-16-28/h10-18,20,24,27,29H,4,8-9,19,21-23H2,1-3,5-7H3/b14-11+,20-17-,25-18+. The van der Waals surface area contributed by atoms with Crippen LogP contribution in [0.4, 0.5) is 0 Å². The summed E-state index contributed by atoms with van der Waals surface area (Å²) in [6, 6.07) is 10.7. The van der Waals surface area contributed by atoms with E-state index in [0.717, 1.165) is 12.8 Å². The number of allylic oxidation sites excluding steroid dienone is 7. The maximum atomic E-state index is 4.46. The van der Waals surface area contributed by atoms with Gasteiger partial charge in [-0.1, -0.05) is 106 Å². The summed E-state index contributed by atoms with van der Waals surface area (Å²) in [7, 11) is 0.107. The van der Waals surface area contributed by atoms with Gasteiger partial charge in [0.25, 0.3) is 0 Å². The zero-order valence-electron chi connectivity index (χ0n) is 20.4. The van der Waals surface area contributed by atoms with Crippen molar-refractivity contribution in [2.24, 2.45) is 17.8 Å². The Kier molecular flexibility index (Phi) is 13.7. The van der Waals surface area contributed by atoms with Crippen molar-refractivity contribution in [2.45, 2.75) is 59.8 Å². The Hall–Kier alpha value is -1.39. The molecule has 0 aliphatic rings. The van der Waals surface area contributed by atoms with E-state index < -0.39 is 0 Å². The first-order valence-corrected chi connectivity index (χ1v) is 14.1. The number of hydrogen-bond acceptors (Lipinski definition) is 0. The van der Waals surface area contributed by atoms with E-state index in [0.29, 0.717) is 17.8 Å². The quantitative estimate of drug-likeness (QED) is 0.206. The van der Waals surface area contributed by atoms with Crippen LogP contribution in [0.25, 0.3) is 0 Å². The summed E-state index contributed by atoms with van der Waals surface area (Å²) in [4.78, 5) is 0. The van der Waals surface area contributed by atoms with Gasteiger partial charge in [0.1, 0.15) is 0 Å². The monoisotopic (exact) mass is 424 g/mol. The van der Waals surface area contributed by atoms with Crippen molar-refractivity contribution >= 4 is 7.92 Å². The summed E-state index contributed by atoms with van der Waals surface area (Å²) < 4.78 is 0. The molecule has 0 saturated heterocycles. The second-order valence-corrected chi connectivity index (χ2v) is 11.7. The topological polar surface area (TPSA) is 0 Å². The Balaban J connectivity index is 2.61. The largest absolute Gasteiger partial charge is 0.113 e. The fourth-order valence-electron chi connectivity index (χ4n) is 3.69. The van der Waals surface area contributed by atoms with E-state index in [-0.39, 0.29) is 7.92 Å². The van der Waals surface area contributed by atoms with Crippen LogP contribution in [0.1, 0.15) is 58.9 Å². The van der Waals surface area contributed by atoms with Gasteiger partial charge in [0.15, 0.2) is 0 Å². The predicted molar refractivity (Wildman–Crippen MR) is 141 cm³/mol. The van der Waals surface area contributed by atoms with E-state index in [1.165, 1.54) is 42.1 Å². The first kappa shape index (κ1) is 26.6. The molecule has 1 rings (SSSR count). The second-order valence-electron chi connectivity index (χ2n) is 9.20. The molecule has 0 fully saturated rings. The van der Waals surface area contributed by atoms with Crippen LogP contribution in [0, 0.1) is 17.8 Å². The number of unbranched alkanes of at least 4 members (excludes halogenated alkanes) is 1. The van der Waals surface area contributed by atoms with Crippen LogP contribution in [0.3, 0.4) is 0 Å². The van der Waals surface area contributed by atoms with Gasteiger partial charge in [-0.25, -0.2) is 0 Å². The maximum Gasteiger partial charge on any atom is -0.00818 e. The third kappa shape index (κ3) is 12.3. The highest BCUT2D eigenvalue weighted by molar-refractivity contribution is 7.56. The molecule has 1 aromatic carbocycles. The lowest BCUT2D eigenvalue weighted by Gasteiger charge is -2.22. The molecule has 1 heteroatoms. The molecule has 1 aromatic rings. The van der Waals surface area contributed by atoms with Crippen molar-refractivity contribution in [3.63, 3.8) is 0 Å². The zero-order chi connectivity index (χ0) is 22.4. The Morgan fingerprint density at radius 1 is 1.07 bits per heavy atom. The summed E-state index contributed by atoms with van der Waals surface area (Å²) in [6.07, 6.45) is 18.9. The Morgan fingerprint density at radius 3 is 2.40 bits per heavy atom. The number of benzene rings is 1. The van der Waals surface area contributed by atoms with Crippen molar-refractivity contribution < 1.29 is 0 Å². The molecule has 0 N–H and O–H groups in total. The molecule has 0 nitrogen and oxygen atoms in total. The van der Waals surface area contributed by atoms with Crippen LogP contribution in [-0.4, -0.2) is 19.5 Å². The summed E-state index contributed by atoms with van der Waals surface area (Å²) in [5, 5.41) is 0. The molecule has 30 heavy (non-hydrogen) atoms. The zero-order valence-corrected chi connectivity index (χ0v) is 21.3. The molecule has 0 radical (unpaired) electrons. The Morgan fingerprint density at radius 2 is 1.77 bits per heavy atom. The van der Waals surface area contributed by atoms with Gasteiger partial charge in [-0.2, -0.15) is 0 Å². The minimum atomic E-state index is 0.107. The molecule has 0 amide bonds.